The molecule has 0 aliphatic carbocycles. The lowest BCUT2D eigenvalue weighted by Crippen LogP contribution is -2.24. The van der Waals surface area contributed by atoms with E-state index in [0.29, 0.717) is 5.56 Å². The van der Waals surface area contributed by atoms with Crippen molar-refractivity contribution in [2.45, 2.75) is 45.8 Å². The maximum absolute atomic E-state index is 11.5. The van der Waals surface area contributed by atoms with Crippen LogP contribution in [0.25, 0.3) is 0 Å². The first-order valence-corrected chi connectivity index (χ1v) is 9.00. The fourth-order valence-electron chi connectivity index (χ4n) is 2.21. The predicted octanol–water partition coefficient (Wildman–Crippen LogP) is 3.63. The molecule has 0 unspecified atom stereocenters. The average Bonchev–Trinajstić information content (AvgIpc) is 2.55. The minimum atomic E-state index is -1.22. The van der Waals surface area contributed by atoms with E-state index in [0.717, 1.165) is 10.0 Å². The Kier molecular flexibility index (Phi) is 8.93. The summed E-state index contributed by atoms with van der Waals surface area (Å²) in [6, 6.07) is 4.86. The molecule has 6 heteroatoms. The number of phenolic OH excluding ortho intramolecular Hbond substituents is 1. The van der Waals surface area contributed by atoms with Crippen LogP contribution in [-0.4, -0.2) is 34.0 Å². The highest BCUT2D eigenvalue weighted by Crippen LogP contribution is 2.29. The number of hydrogen-bond donors (Lipinski definition) is 3. The number of carbonyl (C=O) groups is 1. The van der Waals surface area contributed by atoms with Crippen molar-refractivity contribution in [2.24, 2.45) is 5.92 Å². The molecule has 0 saturated carbocycles. The number of phenols is 1. The monoisotopic (exact) mass is 412 g/mol. The summed E-state index contributed by atoms with van der Waals surface area (Å²) in [5.41, 5.74) is 4.23. The summed E-state index contributed by atoms with van der Waals surface area (Å²) < 4.78 is 5.56. The molecular weight excluding hydrogens is 388 g/mol. The van der Waals surface area contributed by atoms with Gasteiger partial charge in [0.1, 0.15) is 5.75 Å². The molecule has 0 bridgehead atoms. The third-order valence-corrected chi connectivity index (χ3v) is 4.14. The molecule has 0 heterocycles. The fraction of sp³-hybridized carbons (Fsp3) is 0.474. The van der Waals surface area contributed by atoms with Crippen molar-refractivity contribution in [3.63, 3.8) is 0 Å². The zero-order chi connectivity index (χ0) is 19.0. The number of ether oxygens (including phenoxy) is 1. The molecular formula is C19H25BrO5. The summed E-state index contributed by atoms with van der Waals surface area (Å²) in [5, 5.41) is 29.9. The van der Waals surface area contributed by atoms with E-state index in [2.05, 4.69) is 21.7 Å². The van der Waals surface area contributed by atoms with Crippen LogP contribution in [0.1, 0.15) is 45.3 Å². The maximum Gasteiger partial charge on any atom is 0.335 e. The van der Waals surface area contributed by atoms with Gasteiger partial charge in [-0.3, -0.25) is 0 Å². The molecule has 138 valence electrons. The van der Waals surface area contributed by atoms with Gasteiger partial charge < -0.3 is 20.1 Å². The molecule has 0 aliphatic rings. The zero-order valence-electron chi connectivity index (χ0n) is 14.7. The highest BCUT2D eigenvalue weighted by molar-refractivity contribution is 9.10. The van der Waals surface area contributed by atoms with E-state index < -0.39 is 18.2 Å². The van der Waals surface area contributed by atoms with Crippen molar-refractivity contribution in [1.82, 2.24) is 0 Å². The standard InChI is InChI=1S/C19H25BrO5/c1-4-25-19(24)18(23)10-13(12(2)3)6-5-7-16(21)15-11-14(20)8-9-17(15)22/h5,8-9,11-12,16,18,21-23H,4,7,10H2,1-3H3/t6?,16-,18-/m1/s1. The third kappa shape index (κ3) is 7.04. The number of esters is 1. The van der Waals surface area contributed by atoms with Gasteiger partial charge in [0.15, 0.2) is 6.10 Å². The normalized spacial score (nSPS) is 13.1. The summed E-state index contributed by atoms with van der Waals surface area (Å²) in [6.45, 7) is 5.77. The Morgan fingerprint density at radius 1 is 1.36 bits per heavy atom. The molecule has 3 N–H and O–H groups in total. The minimum Gasteiger partial charge on any atom is -0.508 e. The van der Waals surface area contributed by atoms with Gasteiger partial charge in [0.05, 0.1) is 12.7 Å². The Morgan fingerprint density at radius 3 is 2.64 bits per heavy atom. The molecule has 5 nitrogen and oxygen atoms in total. The fourth-order valence-corrected chi connectivity index (χ4v) is 2.59. The summed E-state index contributed by atoms with van der Waals surface area (Å²) >= 11 is 3.30. The van der Waals surface area contributed by atoms with Gasteiger partial charge in [-0.25, -0.2) is 4.79 Å². The predicted molar refractivity (Wildman–Crippen MR) is 99.1 cm³/mol. The molecule has 0 amide bonds. The molecule has 1 aromatic carbocycles. The molecule has 0 saturated heterocycles. The van der Waals surface area contributed by atoms with Crippen molar-refractivity contribution in [1.29, 1.82) is 0 Å². The van der Waals surface area contributed by atoms with Gasteiger partial charge in [0.25, 0.3) is 0 Å². The van der Waals surface area contributed by atoms with E-state index in [4.69, 9.17) is 4.74 Å². The number of halogens is 1. The molecule has 25 heavy (non-hydrogen) atoms. The minimum absolute atomic E-state index is 0.0231. The first-order chi connectivity index (χ1) is 11.8. The Hall–Kier alpha value is -1.59. The van der Waals surface area contributed by atoms with Crippen molar-refractivity contribution >= 4 is 21.9 Å². The molecule has 0 aliphatic heterocycles. The summed E-state index contributed by atoms with van der Waals surface area (Å²) in [7, 11) is 0. The van der Waals surface area contributed by atoms with E-state index in [1.165, 1.54) is 6.07 Å². The van der Waals surface area contributed by atoms with Crippen LogP contribution in [0.15, 0.2) is 40.1 Å². The highest BCUT2D eigenvalue weighted by atomic mass is 79.9. The summed E-state index contributed by atoms with van der Waals surface area (Å²) in [4.78, 5) is 11.5. The first kappa shape index (κ1) is 21.5. The number of rotatable bonds is 8. The van der Waals surface area contributed by atoms with Crippen LogP contribution in [0.3, 0.4) is 0 Å². The Labute approximate surface area is 156 Å². The number of aromatic hydroxyl groups is 1. The van der Waals surface area contributed by atoms with Crippen molar-refractivity contribution in [3.8, 4) is 5.75 Å². The van der Waals surface area contributed by atoms with Gasteiger partial charge in [0.2, 0.25) is 0 Å². The van der Waals surface area contributed by atoms with Gasteiger partial charge in [-0.05, 0) is 42.7 Å². The van der Waals surface area contributed by atoms with Crippen molar-refractivity contribution in [3.05, 3.63) is 45.6 Å². The van der Waals surface area contributed by atoms with Gasteiger partial charge >= 0.3 is 5.97 Å². The second kappa shape index (κ2) is 10.4. The molecule has 0 aromatic heterocycles. The molecule has 2 atom stereocenters. The molecule has 1 rings (SSSR count). The van der Waals surface area contributed by atoms with Crippen molar-refractivity contribution in [2.75, 3.05) is 6.61 Å². The van der Waals surface area contributed by atoms with Crippen LogP contribution in [-0.2, 0) is 9.53 Å². The lowest BCUT2D eigenvalue weighted by atomic mass is 9.97. The highest BCUT2D eigenvalue weighted by Gasteiger charge is 2.19. The van der Waals surface area contributed by atoms with E-state index in [1.54, 1.807) is 25.1 Å². The maximum atomic E-state index is 11.5. The Bertz CT molecular complexity index is 647. The van der Waals surface area contributed by atoms with Crippen LogP contribution < -0.4 is 0 Å². The van der Waals surface area contributed by atoms with Crippen LogP contribution in [0.2, 0.25) is 0 Å². The Balaban J connectivity index is 2.84. The first-order valence-electron chi connectivity index (χ1n) is 8.21. The number of aliphatic hydroxyl groups excluding tert-OH is 2. The largest absolute Gasteiger partial charge is 0.508 e. The van der Waals surface area contributed by atoms with Gasteiger partial charge in [-0.15, -0.1) is 5.73 Å². The SMILES string of the molecule is CCOC(=O)[C@H](O)CC(=C=CC[C@@H](O)c1cc(Br)ccc1O)C(C)C. The molecule has 0 spiro atoms. The van der Waals surface area contributed by atoms with Gasteiger partial charge in [-0.1, -0.05) is 29.8 Å². The van der Waals surface area contributed by atoms with Crippen LogP contribution in [0.5, 0.6) is 5.75 Å². The van der Waals surface area contributed by atoms with Gasteiger partial charge in [0, 0.05) is 22.9 Å². The average molecular weight is 413 g/mol. The van der Waals surface area contributed by atoms with Crippen LogP contribution in [0, 0.1) is 5.92 Å². The lowest BCUT2D eigenvalue weighted by molar-refractivity contribution is -0.152. The second-order valence-electron chi connectivity index (χ2n) is 5.96. The van der Waals surface area contributed by atoms with Crippen molar-refractivity contribution < 1.29 is 24.9 Å². The third-order valence-electron chi connectivity index (χ3n) is 3.65. The lowest BCUT2D eigenvalue weighted by Gasteiger charge is -2.14. The smallest absolute Gasteiger partial charge is 0.335 e. The summed E-state index contributed by atoms with van der Waals surface area (Å²) in [6.07, 6.45) is -0.0789. The number of aliphatic hydroxyl groups is 2. The number of hydrogen-bond acceptors (Lipinski definition) is 5. The second-order valence-corrected chi connectivity index (χ2v) is 6.87. The number of benzene rings is 1. The molecule has 0 radical (unpaired) electrons. The zero-order valence-corrected chi connectivity index (χ0v) is 16.3. The van der Waals surface area contributed by atoms with E-state index in [-0.39, 0.29) is 31.1 Å². The molecule has 0 fully saturated rings. The topological polar surface area (TPSA) is 87.0 Å². The molecule has 1 aromatic rings. The van der Waals surface area contributed by atoms with Gasteiger partial charge in [-0.2, -0.15) is 0 Å². The van der Waals surface area contributed by atoms with Crippen LogP contribution >= 0.6 is 15.9 Å². The van der Waals surface area contributed by atoms with E-state index in [1.807, 2.05) is 13.8 Å². The summed E-state index contributed by atoms with van der Waals surface area (Å²) in [5.74, 6) is -0.548. The number of carbonyl (C=O) groups excluding carboxylic acids is 1. The quantitative estimate of drug-likeness (QED) is 0.448. The van der Waals surface area contributed by atoms with E-state index >= 15 is 0 Å². The van der Waals surface area contributed by atoms with E-state index in [9.17, 15) is 20.1 Å². The Morgan fingerprint density at radius 2 is 2.04 bits per heavy atom. The van der Waals surface area contributed by atoms with Crippen LogP contribution in [0.4, 0.5) is 0 Å².